The van der Waals surface area contributed by atoms with Crippen LogP contribution in [0.4, 0.5) is 0 Å². The van der Waals surface area contributed by atoms with Crippen molar-refractivity contribution in [2.75, 3.05) is 0 Å². The number of carboxylic acid groups (broad SMARTS) is 1. The molecule has 0 heterocycles. The number of hydrogen-bond acceptors (Lipinski definition) is 1. The molecule has 0 aliphatic carbocycles. The van der Waals surface area contributed by atoms with Crippen LogP contribution in [0.25, 0.3) is 0 Å². The zero-order chi connectivity index (χ0) is 10.4. The molecule has 1 atom stereocenters. The SMILES string of the molecule is C=C=C[C@@H](Cc1ccccc1)C(=O)O. The van der Waals surface area contributed by atoms with Crippen molar-refractivity contribution in [3.8, 4) is 0 Å². The van der Waals surface area contributed by atoms with Crippen molar-refractivity contribution in [2.24, 2.45) is 5.92 Å². The Balaban J connectivity index is 2.75. The molecular weight excluding hydrogens is 176 g/mol. The Hall–Kier alpha value is -1.79. The van der Waals surface area contributed by atoms with Crippen LogP contribution in [0.3, 0.4) is 0 Å². The first kappa shape index (κ1) is 10.3. The molecule has 1 aromatic rings. The van der Waals surface area contributed by atoms with E-state index in [1.54, 1.807) is 0 Å². The second-order valence-electron chi connectivity index (χ2n) is 3.01. The van der Waals surface area contributed by atoms with Gasteiger partial charge in [0.25, 0.3) is 0 Å². The van der Waals surface area contributed by atoms with Crippen LogP contribution in [0.2, 0.25) is 0 Å². The van der Waals surface area contributed by atoms with E-state index in [1.807, 2.05) is 30.3 Å². The first-order valence-corrected chi connectivity index (χ1v) is 4.36. The number of hydrogen-bond donors (Lipinski definition) is 1. The molecule has 1 rings (SSSR count). The van der Waals surface area contributed by atoms with Gasteiger partial charge in [0.05, 0.1) is 5.92 Å². The predicted molar refractivity (Wildman–Crippen MR) is 55.0 cm³/mol. The van der Waals surface area contributed by atoms with Crippen molar-refractivity contribution in [3.63, 3.8) is 0 Å². The fraction of sp³-hybridized carbons (Fsp3) is 0.167. The molecule has 0 aliphatic rings. The summed E-state index contributed by atoms with van der Waals surface area (Å²) in [6, 6.07) is 9.51. The molecule has 0 bridgehead atoms. The molecule has 2 heteroatoms. The zero-order valence-corrected chi connectivity index (χ0v) is 7.81. The second kappa shape index (κ2) is 5.05. The van der Waals surface area contributed by atoms with Gasteiger partial charge in [-0.1, -0.05) is 36.9 Å². The van der Waals surface area contributed by atoms with Gasteiger partial charge in [0.1, 0.15) is 0 Å². The fourth-order valence-corrected chi connectivity index (χ4v) is 1.23. The van der Waals surface area contributed by atoms with Gasteiger partial charge in [-0.15, -0.1) is 5.73 Å². The number of benzene rings is 1. The average molecular weight is 188 g/mol. The summed E-state index contributed by atoms with van der Waals surface area (Å²) in [7, 11) is 0. The van der Waals surface area contributed by atoms with Crippen LogP contribution in [0.1, 0.15) is 5.56 Å². The number of aliphatic carboxylic acids is 1. The molecule has 1 N–H and O–H groups in total. The van der Waals surface area contributed by atoms with E-state index >= 15 is 0 Å². The largest absolute Gasteiger partial charge is 0.481 e. The van der Waals surface area contributed by atoms with Crippen LogP contribution < -0.4 is 0 Å². The van der Waals surface area contributed by atoms with E-state index in [4.69, 9.17) is 5.11 Å². The van der Waals surface area contributed by atoms with Crippen molar-refractivity contribution in [1.29, 1.82) is 0 Å². The van der Waals surface area contributed by atoms with Crippen LogP contribution >= 0.6 is 0 Å². The lowest BCUT2D eigenvalue weighted by atomic mass is 9.99. The van der Waals surface area contributed by atoms with Crippen molar-refractivity contribution >= 4 is 5.97 Å². The van der Waals surface area contributed by atoms with Gasteiger partial charge in [-0.25, -0.2) is 0 Å². The van der Waals surface area contributed by atoms with Crippen molar-refractivity contribution in [1.82, 2.24) is 0 Å². The van der Waals surface area contributed by atoms with Gasteiger partial charge in [-0.05, 0) is 18.1 Å². The summed E-state index contributed by atoms with van der Waals surface area (Å²) >= 11 is 0. The quantitative estimate of drug-likeness (QED) is 0.736. The minimum atomic E-state index is -0.843. The van der Waals surface area contributed by atoms with E-state index in [9.17, 15) is 4.79 Å². The highest BCUT2D eigenvalue weighted by Gasteiger charge is 2.13. The summed E-state index contributed by atoms with van der Waals surface area (Å²) in [6.07, 6.45) is 1.97. The second-order valence-corrected chi connectivity index (χ2v) is 3.01. The predicted octanol–water partition coefficient (Wildman–Crippen LogP) is 2.27. The summed E-state index contributed by atoms with van der Waals surface area (Å²) in [5, 5.41) is 8.87. The van der Waals surface area contributed by atoms with Crippen molar-refractivity contribution in [3.05, 3.63) is 54.3 Å². The van der Waals surface area contributed by atoms with Gasteiger partial charge in [0, 0.05) is 0 Å². The summed E-state index contributed by atoms with van der Waals surface area (Å²) in [6.45, 7) is 3.38. The highest BCUT2D eigenvalue weighted by molar-refractivity contribution is 5.72. The maximum Gasteiger partial charge on any atom is 0.311 e. The molecule has 0 unspecified atom stereocenters. The third-order valence-corrected chi connectivity index (χ3v) is 1.93. The molecule has 0 saturated carbocycles. The van der Waals surface area contributed by atoms with Gasteiger partial charge in [-0.3, -0.25) is 4.79 Å². The third kappa shape index (κ3) is 2.92. The van der Waals surface area contributed by atoms with Crippen LogP contribution in [0.5, 0.6) is 0 Å². The molecule has 0 amide bonds. The number of rotatable bonds is 4. The number of carbonyl (C=O) groups is 1. The standard InChI is InChI=1S/C12H12O2/c1-2-6-11(12(13)14)9-10-7-4-3-5-8-10/h3-8,11H,1,9H2,(H,13,14)/t11-/m0/s1. The van der Waals surface area contributed by atoms with E-state index in [0.717, 1.165) is 5.56 Å². The Kier molecular flexibility index (Phi) is 3.71. The Bertz CT molecular complexity index is 346. The topological polar surface area (TPSA) is 37.3 Å². The minimum Gasteiger partial charge on any atom is -0.481 e. The summed E-state index contributed by atoms with van der Waals surface area (Å²) in [5.41, 5.74) is 3.52. The lowest BCUT2D eigenvalue weighted by Gasteiger charge is -2.05. The molecule has 72 valence electrons. The summed E-state index contributed by atoms with van der Waals surface area (Å²) in [4.78, 5) is 10.8. The molecule has 0 saturated heterocycles. The highest BCUT2D eigenvalue weighted by Crippen LogP contribution is 2.09. The summed E-state index contributed by atoms with van der Waals surface area (Å²) < 4.78 is 0. The molecule has 0 aliphatic heterocycles. The van der Waals surface area contributed by atoms with Crippen LogP contribution in [-0.4, -0.2) is 11.1 Å². The zero-order valence-electron chi connectivity index (χ0n) is 7.81. The Morgan fingerprint density at radius 1 is 1.50 bits per heavy atom. The minimum absolute atomic E-state index is 0.485. The molecule has 0 aromatic heterocycles. The molecule has 0 radical (unpaired) electrons. The van der Waals surface area contributed by atoms with E-state index < -0.39 is 11.9 Å². The highest BCUT2D eigenvalue weighted by atomic mass is 16.4. The maximum absolute atomic E-state index is 10.8. The van der Waals surface area contributed by atoms with Crippen LogP contribution in [0.15, 0.2) is 48.7 Å². The normalized spacial score (nSPS) is 11.4. The van der Waals surface area contributed by atoms with Crippen LogP contribution in [-0.2, 0) is 11.2 Å². The van der Waals surface area contributed by atoms with Gasteiger partial charge in [0.2, 0.25) is 0 Å². The van der Waals surface area contributed by atoms with Crippen LogP contribution in [0, 0.1) is 5.92 Å². The first-order chi connectivity index (χ1) is 6.74. The first-order valence-electron chi connectivity index (χ1n) is 4.36. The Morgan fingerprint density at radius 2 is 2.14 bits per heavy atom. The van der Waals surface area contributed by atoms with Gasteiger partial charge >= 0.3 is 5.97 Å². The lowest BCUT2D eigenvalue weighted by molar-refractivity contribution is -0.140. The molecule has 0 spiro atoms. The van der Waals surface area contributed by atoms with E-state index in [1.165, 1.54) is 6.08 Å². The maximum atomic E-state index is 10.8. The third-order valence-electron chi connectivity index (χ3n) is 1.93. The fourth-order valence-electron chi connectivity index (χ4n) is 1.23. The van der Waals surface area contributed by atoms with Gasteiger partial charge in [-0.2, -0.15) is 0 Å². The molecular formula is C12H12O2. The molecule has 1 aromatic carbocycles. The Labute approximate surface area is 83.2 Å². The van der Waals surface area contributed by atoms with Gasteiger partial charge in [0.15, 0.2) is 0 Å². The van der Waals surface area contributed by atoms with E-state index in [2.05, 4.69) is 12.3 Å². The van der Waals surface area contributed by atoms with Gasteiger partial charge < -0.3 is 5.11 Å². The molecule has 14 heavy (non-hydrogen) atoms. The van der Waals surface area contributed by atoms with E-state index in [-0.39, 0.29) is 0 Å². The van der Waals surface area contributed by atoms with Crippen molar-refractivity contribution < 1.29 is 9.90 Å². The molecule has 0 fully saturated rings. The average Bonchev–Trinajstić information content (AvgIpc) is 2.18. The lowest BCUT2D eigenvalue weighted by Crippen LogP contribution is -2.13. The summed E-state index contributed by atoms with van der Waals surface area (Å²) in [5.74, 6) is -1.38. The monoisotopic (exact) mass is 188 g/mol. The Morgan fingerprint density at radius 3 is 2.64 bits per heavy atom. The molecule has 2 nitrogen and oxygen atoms in total. The smallest absolute Gasteiger partial charge is 0.311 e. The number of carboxylic acids is 1. The van der Waals surface area contributed by atoms with E-state index in [0.29, 0.717) is 6.42 Å². The van der Waals surface area contributed by atoms with Crippen molar-refractivity contribution in [2.45, 2.75) is 6.42 Å².